The Labute approximate surface area is 169 Å². The zero-order chi connectivity index (χ0) is 19.0. The lowest BCUT2D eigenvalue weighted by molar-refractivity contribution is -0.113. The smallest absolute Gasteiger partial charge is 0.270 e. The number of anilines is 1. The molecule has 0 bridgehead atoms. The molecule has 0 aliphatic carbocycles. The van der Waals surface area contributed by atoms with E-state index in [1.54, 1.807) is 30.3 Å². The Morgan fingerprint density at radius 3 is 2.70 bits per heavy atom. The van der Waals surface area contributed by atoms with Crippen LogP contribution in [-0.2, 0) is 4.79 Å². The molecule has 1 amide bonds. The summed E-state index contributed by atoms with van der Waals surface area (Å²) in [7, 11) is 0. The first-order valence-corrected chi connectivity index (χ1v) is 9.51. The van der Waals surface area contributed by atoms with Gasteiger partial charge in [0.25, 0.3) is 5.91 Å². The Morgan fingerprint density at radius 2 is 1.93 bits per heavy atom. The van der Waals surface area contributed by atoms with E-state index in [-0.39, 0.29) is 5.91 Å². The van der Waals surface area contributed by atoms with Gasteiger partial charge in [0, 0.05) is 11.6 Å². The molecular formula is C20H11ClFNO2S2. The van der Waals surface area contributed by atoms with Gasteiger partial charge in [-0.25, -0.2) is 4.39 Å². The molecule has 0 unspecified atom stereocenters. The fraction of sp³-hybridized carbons (Fsp3) is 0. The molecule has 1 aromatic heterocycles. The molecule has 4 rings (SSSR count). The van der Waals surface area contributed by atoms with E-state index in [1.165, 1.54) is 23.1 Å². The van der Waals surface area contributed by atoms with Crippen LogP contribution in [0.1, 0.15) is 5.76 Å². The van der Waals surface area contributed by atoms with Gasteiger partial charge in [-0.2, -0.15) is 0 Å². The molecule has 1 aliphatic heterocycles. The molecule has 2 heterocycles. The lowest BCUT2D eigenvalue weighted by Gasteiger charge is -2.14. The SMILES string of the molecule is O=C1/C(=C/c2ccc(-c3ccccc3Cl)o2)SC(=S)N1c1cccc(F)c1. The molecule has 3 nitrogen and oxygen atoms in total. The molecular weight excluding hydrogens is 405 g/mol. The predicted molar refractivity (Wildman–Crippen MR) is 111 cm³/mol. The Balaban J connectivity index is 1.63. The maximum absolute atomic E-state index is 13.5. The van der Waals surface area contributed by atoms with Crippen LogP contribution in [0.5, 0.6) is 0 Å². The van der Waals surface area contributed by atoms with Crippen LogP contribution in [-0.4, -0.2) is 10.2 Å². The summed E-state index contributed by atoms with van der Waals surface area (Å²) in [6.07, 6.45) is 1.62. The average molecular weight is 416 g/mol. The highest BCUT2D eigenvalue weighted by Gasteiger charge is 2.33. The Morgan fingerprint density at radius 1 is 1.11 bits per heavy atom. The van der Waals surface area contributed by atoms with E-state index in [4.69, 9.17) is 28.2 Å². The molecule has 1 aliphatic rings. The van der Waals surface area contributed by atoms with Crippen LogP contribution in [0.2, 0.25) is 5.02 Å². The zero-order valence-corrected chi connectivity index (χ0v) is 16.1. The molecule has 134 valence electrons. The third-order valence-electron chi connectivity index (χ3n) is 3.90. The largest absolute Gasteiger partial charge is 0.457 e. The fourth-order valence-electron chi connectivity index (χ4n) is 2.67. The number of thiocarbonyl (C=S) groups is 1. The molecule has 0 atom stereocenters. The number of carbonyl (C=O) groups excluding carboxylic acids is 1. The molecule has 2 aromatic carbocycles. The van der Waals surface area contributed by atoms with Crippen molar-refractivity contribution < 1.29 is 13.6 Å². The van der Waals surface area contributed by atoms with Crippen molar-refractivity contribution in [3.63, 3.8) is 0 Å². The maximum Gasteiger partial charge on any atom is 0.270 e. The summed E-state index contributed by atoms with van der Waals surface area (Å²) < 4.78 is 19.6. The Kier molecular flexibility index (Phi) is 4.86. The second-order valence-electron chi connectivity index (χ2n) is 5.68. The van der Waals surface area contributed by atoms with Crippen LogP contribution in [0.3, 0.4) is 0 Å². The number of carbonyl (C=O) groups is 1. The normalized spacial score (nSPS) is 15.8. The lowest BCUT2D eigenvalue weighted by Crippen LogP contribution is -2.27. The molecule has 0 radical (unpaired) electrons. The molecule has 1 fully saturated rings. The van der Waals surface area contributed by atoms with Gasteiger partial charge in [-0.05, 0) is 42.5 Å². The topological polar surface area (TPSA) is 33.5 Å². The van der Waals surface area contributed by atoms with Crippen LogP contribution in [0.4, 0.5) is 10.1 Å². The van der Waals surface area contributed by atoms with Crippen molar-refractivity contribution in [3.05, 3.63) is 82.2 Å². The van der Waals surface area contributed by atoms with Crippen LogP contribution in [0.15, 0.2) is 70.0 Å². The van der Waals surface area contributed by atoms with Gasteiger partial charge in [0.2, 0.25) is 0 Å². The minimum Gasteiger partial charge on any atom is -0.457 e. The zero-order valence-electron chi connectivity index (χ0n) is 13.7. The average Bonchev–Trinajstić information content (AvgIpc) is 3.20. The number of furan rings is 1. The van der Waals surface area contributed by atoms with Crippen molar-refractivity contribution in [2.45, 2.75) is 0 Å². The van der Waals surface area contributed by atoms with Crippen molar-refractivity contribution >= 4 is 57.6 Å². The molecule has 0 N–H and O–H groups in total. The van der Waals surface area contributed by atoms with E-state index >= 15 is 0 Å². The minimum atomic E-state index is -0.430. The molecule has 0 spiro atoms. The quantitative estimate of drug-likeness (QED) is 0.379. The van der Waals surface area contributed by atoms with Gasteiger partial charge in [-0.3, -0.25) is 9.69 Å². The monoisotopic (exact) mass is 415 g/mol. The van der Waals surface area contributed by atoms with Gasteiger partial charge < -0.3 is 4.42 Å². The molecule has 1 saturated heterocycles. The molecule has 3 aromatic rings. The minimum absolute atomic E-state index is 0.314. The summed E-state index contributed by atoms with van der Waals surface area (Å²) >= 11 is 12.6. The number of hydrogen-bond donors (Lipinski definition) is 0. The number of halogens is 2. The Hall–Kier alpha value is -2.41. The van der Waals surface area contributed by atoms with Crippen molar-refractivity contribution in [2.24, 2.45) is 0 Å². The van der Waals surface area contributed by atoms with Gasteiger partial charge in [0.1, 0.15) is 17.3 Å². The highest BCUT2D eigenvalue weighted by atomic mass is 35.5. The molecule has 0 saturated carbocycles. The van der Waals surface area contributed by atoms with E-state index in [0.29, 0.717) is 31.5 Å². The number of hydrogen-bond acceptors (Lipinski definition) is 4. The van der Waals surface area contributed by atoms with Crippen molar-refractivity contribution in [3.8, 4) is 11.3 Å². The number of nitrogens with zero attached hydrogens (tertiary/aromatic N) is 1. The third-order valence-corrected chi connectivity index (χ3v) is 5.53. The first-order valence-electron chi connectivity index (χ1n) is 7.91. The maximum atomic E-state index is 13.5. The van der Waals surface area contributed by atoms with E-state index in [9.17, 15) is 9.18 Å². The summed E-state index contributed by atoms with van der Waals surface area (Å²) in [4.78, 5) is 14.4. The van der Waals surface area contributed by atoms with Gasteiger partial charge in [0.05, 0.1) is 15.6 Å². The highest BCUT2D eigenvalue weighted by molar-refractivity contribution is 8.27. The van der Waals surface area contributed by atoms with Gasteiger partial charge in [-0.15, -0.1) is 0 Å². The standard InChI is InChI=1S/C20H11ClFNO2S2/c21-16-7-2-1-6-15(16)17-9-8-14(25-17)11-18-19(24)23(20(26)27-18)13-5-3-4-12(22)10-13/h1-11H/b18-11-. The van der Waals surface area contributed by atoms with Crippen molar-refractivity contribution in [1.29, 1.82) is 0 Å². The second-order valence-corrected chi connectivity index (χ2v) is 7.76. The van der Waals surface area contributed by atoms with E-state index in [1.807, 2.05) is 18.2 Å². The van der Waals surface area contributed by atoms with Crippen LogP contribution in [0, 0.1) is 5.82 Å². The first kappa shape index (κ1) is 18.0. The summed E-state index contributed by atoms with van der Waals surface area (Å²) in [6.45, 7) is 0. The number of benzene rings is 2. The van der Waals surface area contributed by atoms with E-state index in [2.05, 4.69) is 0 Å². The number of thioether (sulfide) groups is 1. The fourth-order valence-corrected chi connectivity index (χ4v) is 4.18. The van der Waals surface area contributed by atoms with Gasteiger partial charge in [0.15, 0.2) is 4.32 Å². The summed E-state index contributed by atoms with van der Waals surface area (Å²) in [6, 6.07) is 16.7. The summed E-state index contributed by atoms with van der Waals surface area (Å²) in [5.74, 6) is 0.365. The number of amides is 1. The second kappa shape index (κ2) is 7.31. The molecule has 27 heavy (non-hydrogen) atoms. The van der Waals surface area contributed by atoms with Crippen LogP contribution in [0.25, 0.3) is 17.4 Å². The Bertz CT molecular complexity index is 1090. The van der Waals surface area contributed by atoms with Crippen LogP contribution < -0.4 is 4.90 Å². The van der Waals surface area contributed by atoms with Crippen molar-refractivity contribution in [1.82, 2.24) is 0 Å². The summed E-state index contributed by atoms with van der Waals surface area (Å²) in [5.41, 5.74) is 1.17. The van der Waals surface area contributed by atoms with Gasteiger partial charge >= 0.3 is 0 Å². The van der Waals surface area contributed by atoms with Crippen LogP contribution >= 0.6 is 35.6 Å². The van der Waals surface area contributed by atoms with E-state index in [0.717, 1.165) is 17.3 Å². The number of rotatable bonds is 3. The highest BCUT2D eigenvalue weighted by Crippen LogP contribution is 2.37. The van der Waals surface area contributed by atoms with E-state index < -0.39 is 5.82 Å². The first-order chi connectivity index (χ1) is 13.0. The predicted octanol–water partition coefficient (Wildman–Crippen LogP) is 6.14. The molecule has 7 heteroatoms. The lowest BCUT2D eigenvalue weighted by atomic mass is 10.2. The van der Waals surface area contributed by atoms with Crippen molar-refractivity contribution in [2.75, 3.05) is 4.90 Å². The summed E-state index contributed by atoms with van der Waals surface area (Å²) in [5, 5.41) is 0.579. The third kappa shape index (κ3) is 3.56. The van der Waals surface area contributed by atoms with Gasteiger partial charge in [-0.1, -0.05) is 53.8 Å².